The Bertz CT molecular complexity index is 673. The number of benzene rings is 1. The van der Waals surface area contributed by atoms with Crippen LogP contribution in [-0.2, 0) is 11.2 Å². The SMILES string of the molecule is O=C(O)CCc1ccccc1NC(=O)c1ccnc(F)c1. The Morgan fingerprint density at radius 1 is 1.24 bits per heavy atom. The number of pyridine rings is 1. The molecule has 1 aromatic carbocycles. The Labute approximate surface area is 120 Å². The minimum absolute atomic E-state index is 0.0310. The van der Waals surface area contributed by atoms with Crippen LogP contribution in [0.5, 0.6) is 0 Å². The molecular weight excluding hydrogens is 275 g/mol. The fourth-order valence-corrected chi connectivity index (χ4v) is 1.84. The van der Waals surface area contributed by atoms with Crippen molar-refractivity contribution in [2.45, 2.75) is 12.8 Å². The monoisotopic (exact) mass is 288 g/mol. The smallest absolute Gasteiger partial charge is 0.303 e. The quantitative estimate of drug-likeness (QED) is 0.828. The van der Waals surface area contributed by atoms with E-state index in [1.54, 1.807) is 24.3 Å². The number of amides is 1. The van der Waals surface area contributed by atoms with Crippen molar-refractivity contribution in [2.75, 3.05) is 5.32 Å². The molecule has 0 saturated carbocycles. The number of para-hydroxylation sites is 1. The maximum Gasteiger partial charge on any atom is 0.303 e. The van der Waals surface area contributed by atoms with Gasteiger partial charge in [0.1, 0.15) is 0 Å². The van der Waals surface area contributed by atoms with Crippen molar-refractivity contribution in [1.82, 2.24) is 4.98 Å². The summed E-state index contributed by atoms with van der Waals surface area (Å²) in [5, 5.41) is 11.4. The number of nitrogens with one attached hydrogen (secondary N) is 1. The largest absolute Gasteiger partial charge is 0.481 e. The molecule has 5 nitrogen and oxygen atoms in total. The zero-order chi connectivity index (χ0) is 15.2. The number of carbonyl (C=O) groups is 2. The molecule has 2 aromatic rings. The number of aromatic nitrogens is 1. The Morgan fingerprint density at radius 2 is 2.00 bits per heavy atom. The number of anilines is 1. The van der Waals surface area contributed by atoms with E-state index in [1.807, 2.05) is 0 Å². The summed E-state index contributed by atoms with van der Waals surface area (Å²) in [6, 6.07) is 9.34. The molecule has 2 rings (SSSR count). The molecule has 1 heterocycles. The van der Waals surface area contributed by atoms with Gasteiger partial charge in [-0.05, 0) is 24.1 Å². The fraction of sp³-hybridized carbons (Fsp3) is 0.133. The average molecular weight is 288 g/mol. The molecule has 108 valence electrons. The second kappa shape index (κ2) is 6.60. The van der Waals surface area contributed by atoms with E-state index in [2.05, 4.69) is 10.3 Å². The molecule has 2 N–H and O–H groups in total. The number of hydrogen-bond donors (Lipinski definition) is 2. The van der Waals surface area contributed by atoms with Crippen LogP contribution in [0.1, 0.15) is 22.3 Å². The number of carboxylic acids is 1. The fourth-order valence-electron chi connectivity index (χ4n) is 1.84. The third-order valence-electron chi connectivity index (χ3n) is 2.86. The molecule has 21 heavy (non-hydrogen) atoms. The van der Waals surface area contributed by atoms with E-state index >= 15 is 0 Å². The minimum atomic E-state index is -0.910. The Hall–Kier alpha value is -2.76. The zero-order valence-corrected chi connectivity index (χ0v) is 11.0. The Kier molecular flexibility index (Phi) is 4.61. The molecule has 0 radical (unpaired) electrons. The summed E-state index contributed by atoms with van der Waals surface area (Å²) in [6.07, 6.45) is 1.48. The lowest BCUT2D eigenvalue weighted by molar-refractivity contribution is -0.136. The summed E-state index contributed by atoms with van der Waals surface area (Å²) in [4.78, 5) is 26.0. The molecule has 0 aliphatic heterocycles. The van der Waals surface area contributed by atoms with Crippen LogP contribution < -0.4 is 5.32 Å². The first kappa shape index (κ1) is 14.6. The first-order valence-corrected chi connectivity index (χ1v) is 6.29. The number of aliphatic carboxylic acids is 1. The van der Waals surface area contributed by atoms with Crippen molar-refractivity contribution in [1.29, 1.82) is 0 Å². The molecule has 6 heteroatoms. The van der Waals surface area contributed by atoms with Gasteiger partial charge in [-0.1, -0.05) is 18.2 Å². The van der Waals surface area contributed by atoms with E-state index in [9.17, 15) is 14.0 Å². The maximum atomic E-state index is 13.0. The van der Waals surface area contributed by atoms with Gasteiger partial charge in [-0.25, -0.2) is 4.98 Å². The summed E-state index contributed by atoms with van der Waals surface area (Å²) >= 11 is 0. The van der Waals surface area contributed by atoms with E-state index in [1.165, 1.54) is 12.3 Å². The molecule has 0 atom stereocenters. The maximum absolute atomic E-state index is 13.0. The predicted molar refractivity (Wildman–Crippen MR) is 74.5 cm³/mol. The molecule has 1 aromatic heterocycles. The molecule has 0 spiro atoms. The zero-order valence-electron chi connectivity index (χ0n) is 11.0. The lowest BCUT2D eigenvalue weighted by atomic mass is 10.1. The van der Waals surface area contributed by atoms with Gasteiger partial charge in [0, 0.05) is 29.9 Å². The molecule has 0 saturated heterocycles. The molecule has 0 fully saturated rings. The van der Waals surface area contributed by atoms with Crippen molar-refractivity contribution >= 4 is 17.6 Å². The lowest BCUT2D eigenvalue weighted by Crippen LogP contribution is -2.14. The van der Waals surface area contributed by atoms with Gasteiger partial charge in [0.2, 0.25) is 5.95 Å². The van der Waals surface area contributed by atoms with Crippen molar-refractivity contribution in [2.24, 2.45) is 0 Å². The Morgan fingerprint density at radius 3 is 2.71 bits per heavy atom. The number of carbonyl (C=O) groups excluding carboxylic acids is 1. The van der Waals surface area contributed by atoms with Crippen molar-refractivity contribution in [3.8, 4) is 0 Å². The summed E-state index contributed by atoms with van der Waals surface area (Å²) < 4.78 is 13.0. The highest BCUT2D eigenvalue weighted by atomic mass is 19.1. The van der Waals surface area contributed by atoms with Gasteiger partial charge in [-0.3, -0.25) is 9.59 Å². The summed E-state index contributed by atoms with van der Waals surface area (Å²) in [7, 11) is 0. The summed E-state index contributed by atoms with van der Waals surface area (Å²) in [5.74, 6) is -2.12. The van der Waals surface area contributed by atoms with E-state index in [-0.39, 0.29) is 12.0 Å². The van der Waals surface area contributed by atoms with Crippen molar-refractivity contribution < 1.29 is 19.1 Å². The standard InChI is InChI=1S/C15H13FN2O3/c16-13-9-11(7-8-17-13)15(21)18-12-4-2-1-3-10(12)5-6-14(19)20/h1-4,7-9H,5-6H2,(H,18,21)(H,19,20). The van der Waals surface area contributed by atoms with Crippen molar-refractivity contribution in [3.05, 3.63) is 59.7 Å². The van der Waals surface area contributed by atoms with Gasteiger partial charge in [-0.2, -0.15) is 4.39 Å². The normalized spacial score (nSPS) is 10.1. The van der Waals surface area contributed by atoms with Gasteiger partial charge >= 0.3 is 5.97 Å². The highest BCUT2D eigenvalue weighted by Crippen LogP contribution is 2.18. The van der Waals surface area contributed by atoms with Gasteiger partial charge in [0.05, 0.1) is 0 Å². The van der Waals surface area contributed by atoms with Crippen LogP contribution in [0.2, 0.25) is 0 Å². The van der Waals surface area contributed by atoms with Crippen LogP contribution in [0, 0.1) is 5.95 Å². The number of nitrogens with zero attached hydrogens (tertiary/aromatic N) is 1. The van der Waals surface area contributed by atoms with E-state index < -0.39 is 17.8 Å². The second-order valence-corrected chi connectivity index (χ2v) is 4.37. The average Bonchev–Trinajstić information content (AvgIpc) is 2.46. The number of carboxylic acid groups (broad SMARTS) is 1. The highest BCUT2D eigenvalue weighted by molar-refractivity contribution is 6.04. The van der Waals surface area contributed by atoms with E-state index in [0.29, 0.717) is 17.7 Å². The van der Waals surface area contributed by atoms with Gasteiger partial charge in [-0.15, -0.1) is 0 Å². The first-order valence-electron chi connectivity index (χ1n) is 6.29. The summed E-state index contributed by atoms with van der Waals surface area (Å²) in [6.45, 7) is 0. The first-order chi connectivity index (χ1) is 10.1. The topological polar surface area (TPSA) is 79.3 Å². The number of hydrogen-bond acceptors (Lipinski definition) is 3. The molecule has 0 bridgehead atoms. The van der Waals surface area contributed by atoms with Crippen LogP contribution in [0.15, 0.2) is 42.6 Å². The van der Waals surface area contributed by atoms with Gasteiger partial charge in [0.25, 0.3) is 5.91 Å². The molecule has 0 unspecified atom stereocenters. The molecule has 0 aliphatic carbocycles. The van der Waals surface area contributed by atoms with Crippen LogP contribution in [0.4, 0.5) is 10.1 Å². The number of rotatable bonds is 5. The second-order valence-electron chi connectivity index (χ2n) is 4.37. The predicted octanol–water partition coefficient (Wildman–Crippen LogP) is 2.49. The highest BCUT2D eigenvalue weighted by Gasteiger charge is 2.10. The van der Waals surface area contributed by atoms with Crippen molar-refractivity contribution in [3.63, 3.8) is 0 Å². The van der Waals surface area contributed by atoms with E-state index in [0.717, 1.165) is 6.07 Å². The van der Waals surface area contributed by atoms with Crippen LogP contribution in [-0.4, -0.2) is 22.0 Å². The molecular formula is C15H13FN2O3. The number of aryl methyl sites for hydroxylation is 1. The third kappa shape index (κ3) is 4.10. The molecule has 0 aliphatic rings. The lowest BCUT2D eigenvalue weighted by Gasteiger charge is -2.10. The Balaban J connectivity index is 2.15. The van der Waals surface area contributed by atoms with E-state index in [4.69, 9.17) is 5.11 Å². The van der Waals surface area contributed by atoms with Crippen LogP contribution >= 0.6 is 0 Å². The summed E-state index contributed by atoms with van der Waals surface area (Å²) in [5.41, 5.74) is 1.37. The van der Waals surface area contributed by atoms with Gasteiger partial charge in [0.15, 0.2) is 0 Å². The van der Waals surface area contributed by atoms with Crippen LogP contribution in [0.3, 0.4) is 0 Å². The molecule has 1 amide bonds. The van der Waals surface area contributed by atoms with Gasteiger partial charge < -0.3 is 10.4 Å². The minimum Gasteiger partial charge on any atom is -0.481 e. The number of halogens is 1. The van der Waals surface area contributed by atoms with Crippen LogP contribution in [0.25, 0.3) is 0 Å². The third-order valence-corrected chi connectivity index (χ3v) is 2.86.